The van der Waals surface area contributed by atoms with Gasteiger partial charge in [0.25, 0.3) is 0 Å². The van der Waals surface area contributed by atoms with Gasteiger partial charge < -0.3 is 10.6 Å². The standard InChI is InChI=1S/C10H14BrN3O2S/c1-7-8(12)6-13-10(9(7)11)14-2-4-17(15,16)5-3-14/h6H,2-5,12H2,1H3. The predicted octanol–water partition coefficient (Wildman–Crippen LogP) is 0.970. The molecule has 0 radical (unpaired) electrons. The molecule has 94 valence electrons. The second-order valence-corrected chi connectivity index (χ2v) is 7.21. The van der Waals surface area contributed by atoms with Crippen molar-refractivity contribution in [2.75, 3.05) is 35.2 Å². The lowest BCUT2D eigenvalue weighted by molar-refractivity contribution is 0.586. The van der Waals surface area contributed by atoms with Crippen LogP contribution in [-0.4, -0.2) is 38.0 Å². The molecule has 0 aliphatic carbocycles. The van der Waals surface area contributed by atoms with Crippen molar-refractivity contribution in [3.63, 3.8) is 0 Å². The van der Waals surface area contributed by atoms with Crippen molar-refractivity contribution in [3.05, 3.63) is 16.2 Å². The van der Waals surface area contributed by atoms with Gasteiger partial charge in [0.1, 0.15) is 5.82 Å². The summed E-state index contributed by atoms with van der Waals surface area (Å²) in [5, 5.41) is 0. The molecule has 17 heavy (non-hydrogen) atoms. The molecule has 2 N–H and O–H groups in total. The number of hydrogen-bond donors (Lipinski definition) is 1. The summed E-state index contributed by atoms with van der Waals surface area (Å²) in [6, 6.07) is 0. The van der Waals surface area contributed by atoms with Gasteiger partial charge in [-0.3, -0.25) is 0 Å². The number of rotatable bonds is 1. The zero-order chi connectivity index (χ0) is 12.6. The topological polar surface area (TPSA) is 76.3 Å². The van der Waals surface area contributed by atoms with E-state index in [9.17, 15) is 8.42 Å². The summed E-state index contributed by atoms with van der Waals surface area (Å²) >= 11 is 3.46. The summed E-state index contributed by atoms with van der Waals surface area (Å²) in [5.41, 5.74) is 7.32. The molecule has 1 aliphatic heterocycles. The van der Waals surface area contributed by atoms with Gasteiger partial charge in [0, 0.05) is 13.1 Å². The number of sulfone groups is 1. The summed E-state index contributed by atoms with van der Waals surface area (Å²) < 4.78 is 23.6. The zero-order valence-corrected chi connectivity index (χ0v) is 11.9. The molecule has 0 atom stereocenters. The highest BCUT2D eigenvalue weighted by atomic mass is 79.9. The molecular formula is C10H14BrN3O2S. The van der Waals surface area contributed by atoms with Crippen LogP contribution in [0.1, 0.15) is 5.56 Å². The fourth-order valence-electron chi connectivity index (χ4n) is 1.72. The van der Waals surface area contributed by atoms with E-state index in [-0.39, 0.29) is 11.5 Å². The monoisotopic (exact) mass is 319 g/mol. The van der Waals surface area contributed by atoms with Crippen molar-refractivity contribution < 1.29 is 8.42 Å². The maximum atomic E-state index is 11.4. The maximum Gasteiger partial charge on any atom is 0.153 e. The Morgan fingerprint density at radius 2 is 2.00 bits per heavy atom. The third kappa shape index (κ3) is 2.55. The molecule has 0 unspecified atom stereocenters. The molecule has 1 aliphatic rings. The normalized spacial score (nSPS) is 19.3. The Labute approximate surface area is 109 Å². The minimum absolute atomic E-state index is 0.185. The van der Waals surface area contributed by atoms with E-state index in [1.165, 1.54) is 0 Å². The van der Waals surface area contributed by atoms with Crippen LogP contribution in [0.15, 0.2) is 10.7 Å². The third-order valence-corrected chi connectivity index (χ3v) is 5.49. The lowest BCUT2D eigenvalue weighted by Crippen LogP contribution is -2.40. The van der Waals surface area contributed by atoms with Crippen molar-refractivity contribution in [2.24, 2.45) is 0 Å². The van der Waals surface area contributed by atoms with Crippen LogP contribution in [0.25, 0.3) is 0 Å². The molecule has 1 fully saturated rings. The molecule has 0 bridgehead atoms. The van der Waals surface area contributed by atoms with Gasteiger partial charge in [-0.1, -0.05) is 0 Å². The lowest BCUT2D eigenvalue weighted by atomic mass is 10.2. The quantitative estimate of drug-likeness (QED) is 0.834. The third-order valence-electron chi connectivity index (χ3n) is 2.93. The van der Waals surface area contributed by atoms with Crippen molar-refractivity contribution in [3.8, 4) is 0 Å². The van der Waals surface area contributed by atoms with Gasteiger partial charge in [-0.15, -0.1) is 0 Å². The van der Waals surface area contributed by atoms with Crippen LogP contribution in [0.2, 0.25) is 0 Å². The smallest absolute Gasteiger partial charge is 0.153 e. The molecule has 2 rings (SSSR count). The summed E-state index contributed by atoms with van der Waals surface area (Å²) in [5.74, 6) is 1.14. The average molecular weight is 320 g/mol. The molecule has 5 nitrogen and oxygen atoms in total. The van der Waals surface area contributed by atoms with E-state index in [1.54, 1.807) is 6.20 Å². The second-order valence-electron chi connectivity index (χ2n) is 4.11. The number of halogens is 1. The van der Waals surface area contributed by atoms with Crippen molar-refractivity contribution in [1.82, 2.24) is 4.98 Å². The van der Waals surface area contributed by atoms with E-state index in [4.69, 9.17) is 5.73 Å². The molecule has 7 heteroatoms. The van der Waals surface area contributed by atoms with Crippen molar-refractivity contribution in [1.29, 1.82) is 0 Å². The van der Waals surface area contributed by atoms with Gasteiger partial charge in [0.15, 0.2) is 9.84 Å². The number of hydrogen-bond acceptors (Lipinski definition) is 5. The summed E-state index contributed by atoms with van der Waals surface area (Å²) in [6.07, 6.45) is 1.61. The Kier molecular flexibility index (Phi) is 3.31. The van der Waals surface area contributed by atoms with Crippen LogP contribution in [0, 0.1) is 6.92 Å². The fourth-order valence-corrected chi connectivity index (χ4v) is 3.51. The van der Waals surface area contributed by atoms with Crippen LogP contribution in [0.4, 0.5) is 11.5 Å². The van der Waals surface area contributed by atoms with E-state index < -0.39 is 9.84 Å². The Bertz CT molecular complexity index is 531. The van der Waals surface area contributed by atoms with E-state index >= 15 is 0 Å². The van der Waals surface area contributed by atoms with Gasteiger partial charge in [-0.25, -0.2) is 13.4 Å². The minimum Gasteiger partial charge on any atom is -0.397 e. The first-order chi connectivity index (χ1) is 7.91. The van der Waals surface area contributed by atoms with Crippen LogP contribution in [0.3, 0.4) is 0 Å². The Hall–Kier alpha value is -0.820. The van der Waals surface area contributed by atoms with Crippen LogP contribution < -0.4 is 10.6 Å². The van der Waals surface area contributed by atoms with Gasteiger partial charge in [0.2, 0.25) is 0 Å². The van der Waals surface area contributed by atoms with Crippen molar-refractivity contribution in [2.45, 2.75) is 6.92 Å². The Balaban J connectivity index is 2.28. The molecule has 0 spiro atoms. The fraction of sp³-hybridized carbons (Fsp3) is 0.500. The van der Waals surface area contributed by atoms with Gasteiger partial charge >= 0.3 is 0 Å². The molecular weight excluding hydrogens is 306 g/mol. The SMILES string of the molecule is Cc1c(N)cnc(N2CCS(=O)(=O)CC2)c1Br. The van der Waals surface area contributed by atoms with Gasteiger partial charge in [0.05, 0.1) is 27.9 Å². The summed E-state index contributed by atoms with van der Waals surface area (Å²) in [7, 11) is -2.86. The first kappa shape index (κ1) is 12.6. The lowest BCUT2D eigenvalue weighted by Gasteiger charge is -2.29. The second kappa shape index (κ2) is 4.45. The molecule has 1 aromatic heterocycles. The highest BCUT2D eigenvalue weighted by Crippen LogP contribution is 2.30. The number of nitrogen functional groups attached to an aromatic ring is 1. The molecule has 0 aromatic carbocycles. The number of aromatic nitrogens is 1. The van der Waals surface area contributed by atoms with Gasteiger partial charge in [-0.05, 0) is 28.4 Å². The van der Waals surface area contributed by atoms with E-state index in [2.05, 4.69) is 20.9 Å². The highest BCUT2D eigenvalue weighted by molar-refractivity contribution is 9.10. The molecule has 0 saturated carbocycles. The Morgan fingerprint density at radius 1 is 1.41 bits per heavy atom. The first-order valence-corrected chi connectivity index (χ1v) is 7.88. The Morgan fingerprint density at radius 3 is 2.59 bits per heavy atom. The van der Waals surface area contributed by atoms with Crippen LogP contribution in [-0.2, 0) is 9.84 Å². The van der Waals surface area contributed by atoms with E-state index in [1.807, 2.05) is 11.8 Å². The van der Waals surface area contributed by atoms with E-state index in [0.717, 1.165) is 15.9 Å². The predicted molar refractivity (Wildman–Crippen MR) is 72.0 cm³/mol. The number of nitrogens with two attached hydrogens (primary N) is 1. The van der Waals surface area contributed by atoms with Crippen LogP contribution >= 0.6 is 15.9 Å². The maximum absolute atomic E-state index is 11.4. The molecule has 1 aromatic rings. The van der Waals surface area contributed by atoms with E-state index in [0.29, 0.717) is 18.8 Å². The summed E-state index contributed by atoms with van der Waals surface area (Å²) in [4.78, 5) is 6.24. The first-order valence-electron chi connectivity index (χ1n) is 5.26. The van der Waals surface area contributed by atoms with Gasteiger partial charge in [-0.2, -0.15) is 0 Å². The number of pyridine rings is 1. The average Bonchev–Trinajstić information content (AvgIpc) is 2.27. The molecule has 2 heterocycles. The van der Waals surface area contributed by atoms with Crippen LogP contribution in [0.5, 0.6) is 0 Å². The number of anilines is 2. The summed E-state index contributed by atoms with van der Waals surface area (Å²) in [6.45, 7) is 2.87. The largest absolute Gasteiger partial charge is 0.397 e. The highest BCUT2D eigenvalue weighted by Gasteiger charge is 2.24. The zero-order valence-electron chi connectivity index (χ0n) is 9.48. The van der Waals surface area contributed by atoms with Crippen molar-refractivity contribution >= 4 is 37.3 Å². The number of nitrogens with zero attached hydrogens (tertiary/aromatic N) is 2. The minimum atomic E-state index is -2.86. The molecule has 1 saturated heterocycles. The molecule has 0 amide bonds.